The van der Waals surface area contributed by atoms with Crippen LogP contribution < -0.4 is 24.2 Å². The van der Waals surface area contributed by atoms with Crippen LogP contribution in [0.3, 0.4) is 0 Å². The van der Waals surface area contributed by atoms with Crippen molar-refractivity contribution in [1.82, 2.24) is 4.90 Å². The SMILES string of the molecule is C=CCOC(=O)Nc1cc(OCCCCCC(=O)N2C[C@@H](CCl)c3c2cc(OP(=O)(OC(C)(C)C)OC(C)(C)C)c2ccccc32)c(OC)cc1C(=O)N1CCC[C@H]1COC(C)=O. The number of nitrogens with zero attached hydrogens (tertiary/aromatic N) is 2. The molecule has 1 saturated heterocycles. The Labute approximate surface area is 375 Å². The predicted molar refractivity (Wildman–Crippen MR) is 242 cm³/mol. The lowest BCUT2D eigenvalue weighted by Crippen LogP contribution is -2.39. The molecule has 0 saturated carbocycles. The summed E-state index contributed by atoms with van der Waals surface area (Å²) in [7, 11) is -2.72. The summed E-state index contributed by atoms with van der Waals surface area (Å²) in [5.41, 5.74) is 0.161. The van der Waals surface area contributed by atoms with Crippen molar-refractivity contribution in [2.24, 2.45) is 0 Å². The molecule has 3 aromatic rings. The number of nitrogens with one attached hydrogen (secondary N) is 1. The zero-order valence-corrected chi connectivity index (χ0v) is 39.2. The van der Waals surface area contributed by atoms with Gasteiger partial charge in [-0.05, 0) is 90.7 Å². The van der Waals surface area contributed by atoms with Crippen molar-refractivity contribution >= 4 is 65.4 Å². The number of fused-ring (bicyclic) bond motifs is 3. The maximum Gasteiger partial charge on any atom is 0.531 e. The van der Waals surface area contributed by atoms with Crippen molar-refractivity contribution in [3.63, 3.8) is 0 Å². The van der Waals surface area contributed by atoms with E-state index in [1.165, 1.54) is 32.2 Å². The number of unbranched alkanes of at least 4 members (excludes halogenated alkanes) is 2. The van der Waals surface area contributed by atoms with E-state index in [-0.39, 0.29) is 78.6 Å². The van der Waals surface area contributed by atoms with Crippen LogP contribution in [0.1, 0.15) is 109 Å². The number of methoxy groups -OCH3 is 1. The van der Waals surface area contributed by atoms with Gasteiger partial charge in [-0.1, -0.05) is 36.9 Å². The summed E-state index contributed by atoms with van der Waals surface area (Å²) in [4.78, 5) is 55.4. The van der Waals surface area contributed by atoms with Crippen LogP contribution in [-0.2, 0) is 32.7 Å². The molecule has 0 radical (unpaired) electrons. The second kappa shape index (κ2) is 21.2. The highest BCUT2D eigenvalue weighted by Gasteiger charge is 2.41. The van der Waals surface area contributed by atoms with E-state index in [0.717, 1.165) is 17.4 Å². The Morgan fingerprint density at radius 3 is 2.27 bits per heavy atom. The Bertz CT molecular complexity index is 2180. The number of esters is 1. The number of hydrogen-bond donors (Lipinski definition) is 1. The van der Waals surface area contributed by atoms with Gasteiger partial charge in [0.05, 0.1) is 47.9 Å². The molecule has 1 N–H and O–H groups in total. The van der Waals surface area contributed by atoms with Crippen molar-refractivity contribution in [3.05, 3.63) is 66.2 Å². The molecule has 1 fully saturated rings. The molecule has 344 valence electrons. The monoisotopic (exact) mass is 913 g/mol. The highest BCUT2D eigenvalue weighted by atomic mass is 35.5. The number of amides is 3. The number of likely N-dealkylation sites (tertiary alicyclic amines) is 1. The summed E-state index contributed by atoms with van der Waals surface area (Å²) < 4.78 is 54.5. The van der Waals surface area contributed by atoms with Crippen LogP contribution in [0, 0.1) is 0 Å². The van der Waals surface area contributed by atoms with Gasteiger partial charge in [0, 0.05) is 55.8 Å². The average Bonchev–Trinajstić information content (AvgIpc) is 3.83. The first-order chi connectivity index (χ1) is 29.8. The van der Waals surface area contributed by atoms with Gasteiger partial charge in [-0.2, -0.15) is 0 Å². The lowest BCUT2D eigenvalue weighted by molar-refractivity contribution is -0.142. The van der Waals surface area contributed by atoms with Gasteiger partial charge in [0.2, 0.25) is 5.91 Å². The summed E-state index contributed by atoms with van der Waals surface area (Å²) in [6.07, 6.45) is 4.04. The van der Waals surface area contributed by atoms with Gasteiger partial charge in [-0.25, -0.2) is 9.36 Å². The number of phosphoric ester groups is 1. The van der Waals surface area contributed by atoms with E-state index in [9.17, 15) is 23.7 Å². The van der Waals surface area contributed by atoms with E-state index >= 15 is 0 Å². The number of ether oxygens (including phenoxy) is 4. The van der Waals surface area contributed by atoms with Gasteiger partial charge in [-0.15, -0.1) is 11.6 Å². The summed E-state index contributed by atoms with van der Waals surface area (Å²) in [5.74, 6) is 0.0729. The number of rotatable bonds is 19. The average molecular weight is 914 g/mol. The second-order valence-corrected chi connectivity index (χ2v) is 19.2. The zero-order chi connectivity index (χ0) is 46.1. The zero-order valence-electron chi connectivity index (χ0n) is 37.6. The molecule has 3 amide bonds. The molecule has 2 heterocycles. The van der Waals surface area contributed by atoms with E-state index in [4.69, 9.17) is 44.1 Å². The third-order valence-electron chi connectivity index (χ3n) is 10.1. The van der Waals surface area contributed by atoms with Crippen molar-refractivity contribution in [2.75, 3.05) is 56.1 Å². The van der Waals surface area contributed by atoms with E-state index in [0.29, 0.717) is 55.6 Å². The van der Waals surface area contributed by atoms with Crippen molar-refractivity contribution < 1.29 is 56.3 Å². The third-order valence-corrected chi connectivity index (χ3v) is 12.4. The van der Waals surface area contributed by atoms with Gasteiger partial charge in [-0.3, -0.25) is 28.7 Å². The van der Waals surface area contributed by atoms with Crippen LogP contribution in [0.4, 0.5) is 16.2 Å². The lowest BCUT2D eigenvalue weighted by Gasteiger charge is -2.31. The molecule has 2 aliphatic rings. The quantitative estimate of drug-likeness (QED) is 0.0398. The Kier molecular flexibility index (Phi) is 16.6. The molecule has 2 aliphatic heterocycles. The first-order valence-electron chi connectivity index (χ1n) is 21.2. The van der Waals surface area contributed by atoms with Crippen LogP contribution in [0.5, 0.6) is 17.2 Å². The fourth-order valence-electron chi connectivity index (χ4n) is 7.61. The molecular weight excluding hydrogens is 853 g/mol. The molecule has 0 spiro atoms. The minimum Gasteiger partial charge on any atom is -0.493 e. The third kappa shape index (κ3) is 13.1. The number of hydrogen-bond acceptors (Lipinski definition) is 12. The minimum atomic E-state index is -4.18. The van der Waals surface area contributed by atoms with E-state index in [2.05, 4.69) is 11.9 Å². The van der Waals surface area contributed by atoms with Crippen molar-refractivity contribution in [1.29, 1.82) is 0 Å². The van der Waals surface area contributed by atoms with Crippen LogP contribution in [0.2, 0.25) is 0 Å². The van der Waals surface area contributed by atoms with E-state index in [1.807, 2.05) is 24.3 Å². The summed E-state index contributed by atoms with van der Waals surface area (Å²) >= 11 is 6.53. The largest absolute Gasteiger partial charge is 0.531 e. The Hall–Kier alpha value is -4.82. The molecular formula is C46H61ClN3O12P. The molecule has 63 heavy (non-hydrogen) atoms. The molecule has 0 aliphatic carbocycles. The molecule has 17 heteroatoms. The topological polar surface area (TPSA) is 168 Å². The van der Waals surface area contributed by atoms with Crippen LogP contribution in [0.15, 0.2) is 55.1 Å². The Balaban J connectivity index is 1.28. The number of phosphoric acid groups is 1. The van der Waals surface area contributed by atoms with E-state index in [1.54, 1.807) is 57.4 Å². The normalized spacial score (nSPS) is 16.4. The molecule has 0 bridgehead atoms. The van der Waals surface area contributed by atoms with Gasteiger partial charge in [0.1, 0.15) is 19.0 Å². The minimum absolute atomic E-state index is 0.0407. The highest BCUT2D eigenvalue weighted by Crippen LogP contribution is 2.57. The summed E-state index contributed by atoms with van der Waals surface area (Å²) in [6.45, 7) is 16.6. The fourth-order valence-corrected chi connectivity index (χ4v) is 9.71. The maximum atomic E-state index is 14.2. The molecule has 0 unspecified atom stereocenters. The van der Waals surface area contributed by atoms with Crippen LogP contribution >= 0.6 is 19.4 Å². The number of anilines is 2. The lowest BCUT2D eigenvalue weighted by atomic mass is 9.95. The number of halogens is 1. The van der Waals surface area contributed by atoms with Gasteiger partial charge in [0.15, 0.2) is 11.5 Å². The summed E-state index contributed by atoms with van der Waals surface area (Å²) in [5, 5.41) is 4.18. The number of carbonyl (C=O) groups is 4. The van der Waals surface area contributed by atoms with Gasteiger partial charge in [0.25, 0.3) is 5.91 Å². The van der Waals surface area contributed by atoms with Gasteiger partial charge >= 0.3 is 19.9 Å². The molecule has 0 aromatic heterocycles. The molecule has 15 nitrogen and oxygen atoms in total. The summed E-state index contributed by atoms with van der Waals surface area (Å²) in [6, 6.07) is 12.0. The first-order valence-corrected chi connectivity index (χ1v) is 23.2. The van der Waals surface area contributed by atoms with Crippen LogP contribution in [-0.4, -0.2) is 91.9 Å². The maximum absolute atomic E-state index is 14.2. The number of carbonyl (C=O) groups excluding carboxylic acids is 4. The Morgan fingerprint density at radius 2 is 1.63 bits per heavy atom. The highest BCUT2D eigenvalue weighted by molar-refractivity contribution is 7.49. The smallest absolute Gasteiger partial charge is 0.493 e. The fraction of sp³-hybridized carbons (Fsp3) is 0.522. The number of alkyl halides is 1. The standard InChI is InChI=1S/C46H61ClN3O12P/c1-10-22-58-44(54)48-36-25-40(39(56-9)24-35(36)43(53)49-21-16-17-32(49)29-59-30(2)51)57-23-15-11-12-20-41(52)50-28-31(27-47)42-34-19-14-13-18-33(34)38(26-37(42)50)60-63(55,61-45(3,4)5)62-46(6,7)8/h10,13-14,18-19,24-26,31-32H,1,11-12,15-17,20-23,27-29H2,2-9H3,(H,48,54)/t31-,32+/m1/s1. The van der Waals surface area contributed by atoms with Gasteiger partial charge < -0.3 is 33.3 Å². The number of benzene rings is 3. The molecule has 3 aromatic carbocycles. The second-order valence-electron chi connectivity index (χ2n) is 17.5. The first kappa shape index (κ1) is 49.2. The predicted octanol–water partition coefficient (Wildman–Crippen LogP) is 10.2. The molecule has 5 rings (SSSR count). The van der Waals surface area contributed by atoms with Crippen molar-refractivity contribution in [2.45, 2.75) is 110 Å². The van der Waals surface area contributed by atoms with Crippen LogP contribution in [0.25, 0.3) is 10.8 Å². The Morgan fingerprint density at radius 1 is 0.937 bits per heavy atom. The van der Waals surface area contributed by atoms with E-state index < -0.39 is 31.1 Å². The molecule has 2 atom stereocenters. The van der Waals surface area contributed by atoms with Crippen molar-refractivity contribution in [3.8, 4) is 17.2 Å².